The van der Waals surface area contributed by atoms with E-state index in [0.29, 0.717) is 16.5 Å². The molecule has 0 unspecified atom stereocenters. The highest BCUT2D eigenvalue weighted by Crippen LogP contribution is 2.11. The Bertz CT molecular complexity index is 1150. The van der Waals surface area contributed by atoms with E-state index in [9.17, 15) is 14.4 Å². The van der Waals surface area contributed by atoms with E-state index in [2.05, 4.69) is 17.2 Å². The standard InChI is InChI=1S/C22H18N2O4/c1-24(2)22(27)16-11-9-15(10-12-16)6-5-13-23-21(26)20-14-18(25)17-7-3-4-8-19(17)28-20/h3-4,7-12,14H,13H2,1-2H3,(H,23,26). The Balaban J connectivity index is 1.64. The molecule has 0 saturated carbocycles. The third-order valence-electron chi connectivity index (χ3n) is 3.97. The summed E-state index contributed by atoms with van der Waals surface area (Å²) in [5.74, 6) is 5.09. The fraction of sp³-hybridized carbons (Fsp3) is 0.136. The van der Waals surface area contributed by atoms with Gasteiger partial charge in [-0.2, -0.15) is 0 Å². The van der Waals surface area contributed by atoms with Crippen LogP contribution < -0.4 is 10.7 Å². The molecule has 1 heterocycles. The Morgan fingerprint density at radius 2 is 1.79 bits per heavy atom. The van der Waals surface area contributed by atoms with Crippen molar-refractivity contribution < 1.29 is 14.0 Å². The average molecular weight is 374 g/mol. The van der Waals surface area contributed by atoms with Crippen LogP contribution in [0.25, 0.3) is 11.0 Å². The summed E-state index contributed by atoms with van der Waals surface area (Å²) in [6.07, 6.45) is 0. The summed E-state index contributed by atoms with van der Waals surface area (Å²) in [5, 5.41) is 3.03. The Morgan fingerprint density at radius 1 is 1.07 bits per heavy atom. The first kappa shape index (κ1) is 18.9. The fourth-order valence-electron chi connectivity index (χ4n) is 2.53. The lowest BCUT2D eigenvalue weighted by Crippen LogP contribution is -2.24. The molecule has 3 rings (SSSR count). The molecule has 0 aliphatic rings. The molecule has 2 amide bonds. The molecule has 6 heteroatoms. The maximum atomic E-state index is 12.2. The zero-order valence-corrected chi connectivity index (χ0v) is 15.5. The lowest BCUT2D eigenvalue weighted by atomic mass is 10.1. The largest absolute Gasteiger partial charge is 0.451 e. The van der Waals surface area contributed by atoms with E-state index in [-0.39, 0.29) is 23.6 Å². The van der Waals surface area contributed by atoms with Gasteiger partial charge < -0.3 is 14.6 Å². The van der Waals surface area contributed by atoms with Gasteiger partial charge in [0, 0.05) is 31.3 Å². The van der Waals surface area contributed by atoms with Crippen LogP contribution in [0.1, 0.15) is 26.5 Å². The molecular formula is C22H18N2O4. The van der Waals surface area contributed by atoms with Crippen molar-refractivity contribution in [1.29, 1.82) is 0 Å². The molecule has 0 atom stereocenters. The molecule has 1 N–H and O–H groups in total. The van der Waals surface area contributed by atoms with E-state index in [1.165, 1.54) is 11.0 Å². The van der Waals surface area contributed by atoms with Crippen molar-refractivity contribution in [2.24, 2.45) is 0 Å². The van der Waals surface area contributed by atoms with E-state index >= 15 is 0 Å². The summed E-state index contributed by atoms with van der Waals surface area (Å²) in [4.78, 5) is 37.6. The van der Waals surface area contributed by atoms with E-state index in [0.717, 1.165) is 5.56 Å². The van der Waals surface area contributed by atoms with Crippen LogP contribution in [0.2, 0.25) is 0 Å². The van der Waals surface area contributed by atoms with Gasteiger partial charge in [-0.3, -0.25) is 14.4 Å². The number of carbonyl (C=O) groups is 2. The van der Waals surface area contributed by atoms with Gasteiger partial charge in [0.2, 0.25) is 0 Å². The summed E-state index contributed by atoms with van der Waals surface area (Å²) < 4.78 is 5.48. The number of carbonyl (C=O) groups excluding carboxylic acids is 2. The second-order valence-electron chi connectivity index (χ2n) is 6.23. The van der Waals surface area contributed by atoms with Crippen molar-refractivity contribution in [1.82, 2.24) is 10.2 Å². The quantitative estimate of drug-likeness (QED) is 0.714. The average Bonchev–Trinajstić information content (AvgIpc) is 2.71. The third-order valence-corrected chi connectivity index (χ3v) is 3.97. The molecule has 140 valence electrons. The van der Waals surface area contributed by atoms with Crippen molar-refractivity contribution in [2.75, 3.05) is 20.6 Å². The van der Waals surface area contributed by atoms with Crippen LogP contribution in [0.15, 0.2) is 63.8 Å². The lowest BCUT2D eigenvalue weighted by molar-refractivity contribution is 0.0827. The van der Waals surface area contributed by atoms with Crippen molar-refractivity contribution in [3.05, 3.63) is 81.7 Å². The summed E-state index contributed by atoms with van der Waals surface area (Å²) in [6, 6.07) is 14.8. The number of para-hydroxylation sites is 1. The SMILES string of the molecule is CN(C)C(=O)c1ccc(C#CCNC(=O)c2cc(=O)c3ccccc3o2)cc1. The number of hydrogen-bond acceptors (Lipinski definition) is 4. The molecular weight excluding hydrogens is 356 g/mol. The summed E-state index contributed by atoms with van der Waals surface area (Å²) in [5.41, 5.74) is 1.39. The van der Waals surface area contributed by atoms with Gasteiger partial charge in [-0.15, -0.1) is 0 Å². The van der Waals surface area contributed by atoms with Gasteiger partial charge in [-0.1, -0.05) is 24.0 Å². The Hall–Kier alpha value is -3.85. The number of nitrogens with zero attached hydrogens (tertiary/aromatic N) is 1. The molecule has 28 heavy (non-hydrogen) atoms. The lowest BCUT2D eigenvalue weighted by Gasteiger charge is -2.09. The summed E-state index contributed by atoms with van der Waals surface area (Å²) >= 11 is 0. The zero-order valence-electron chi connectivity index (χ0n) is 15.5. The normalized spacial score (nSPS) is 10.1. The highest BCUT2D eigenvalue weighted by molar-refractivity contribution is 5.94. The number of benzene rings is 2. The van der Waals surface area contributed by atoms with Crippen LogP contribution in [0, 0.1) is 11.8 Å². The van der Waals surface area contributed by atoms with Gasteiger partial charge in [0.25, 0.3) is 11.8 Å². The van der Waals surface area contributed by atoms with Gasteiger partial charge in [-0.05, 0) is 36.4 Å². The van der Waals surface area contributed by atoms with Crippen LogP contribution in [0.5, 0.6) is 0 Å². The second kappa shape index (κ2) is 8.23. The predicted octanol–water partition coefficient (Wildman–Crippen LogP) is 2.28. The Morgan fingerprint density at radius 3 is 2.50 bits per heavy atom. The van der Waals surface area contributed by atoms with Gasteiger partial charge in [0.1, 0.15) is 5.58 Å². The maximum absolute atomic E-state index is 12.2. The molecule has 0 fully saturated rings. The topological polar surface area (TPSA) is 79.6 Å². The van der Waals surface area contributed by atoms with Gasteiger partial charge >= 0.3 is 0 Å². The molecule has 2 aromatic carbocycles. The van der Waals surface area contributed by atoms with Crippen LogP contribution in [-0.2, 0) is 0 Å². The predicted molar refractivity (Wildman–Crippen MR) is 106 cm³/mol. The van der Waals surface area contributed by atoms with E-state index < -0.39 is 5.91 Å². The molecule has 0 saturated heterocycles. The van der Waals surface area contributed by atoms with Crippen LogP contribution in [0.4, 0.5) is 0 Å². The Kier molecular flexibility index (Phi) is 5.56. The van der Waals surface area contributed by atoms with E-state index in [1.807, 2.05) is 0 Å². The van der Waals surface area contributed by atoms with Crippen molar-refractivity contribution >= 4 is 22.8 Å². The third kappa shape index (κ3) is 4.27. The molecule has 0 spiro atoms. The highest BCUT2D eigenvalue weighted by Gasteiger charge is 2.11. The van der Waals surface area contributed by atoms with Crippen molar-refractivity contribution in [3.8, 4) is 11.8 Å². The van der Waals surface area contributed by atoms with Crippen LogP contribution in [0.3, 0.4) is 0 Å². The molecule has 0 aliphatic carbocycles. The van der Waals surface area contributed by atoms with E-state index in [1.54, 1.807) is 62.6 Å². The molecule has 3 aromatic rings. The number of hydrogen-bond donors (Lipinski definition) is 1. The smallest absolute Gasteiger partial charge is 0.287 e. The number of nitrogens with one attached hydrogen (secondary N) is 1. The zero-order chi connectivity index (χ0) is 20.1. The van der Waals surface area contributed by atoms with Crippen LogP contribution >= 0.6 is 0 Å². The molecule has 6 nitrogen and oxygen atoms in total. The molecule has 0 aliphatic heterocycles. The summed E-state index contributed by atoms with van der Waals surface area (Å²) in [6.45, 7) is 0.0910. The number of rotatable bonds is 3. The maximum Gasteiger partial charge on any atom is 0.287 e. The van der Waals surface area contributed by atoms with Crippen molar-refractivity contribution in [2.45, 2.75) is 0 Å². The molecule has 0 bridgehead atoms. The molecule has 1 aromatic heterocycles. The minimum absolute atomic E-state index is 0.0583. The van der Waals surface area contributed by atoms with Crippen LogP contribution in [-0.4, -0.2) is 37.4 Å². The first-order chi connectivity index (χ1) is 13.5. The van der Waals surface area contributed by atoms with Gasteiger partial charge in [0.15, 0.2) is 11.2 Å². The first-order valence-corrected chi connectivity index (χ1v) is 8.57. The first-order valence-electron chi connectivity index (χ1n) is 8.57. The van der Waals surface area contributed by atoms with E-state index in [4.69, 9.17) is 4.42 Å². The second-order valence-corrected chi connectivity index (χ2v) is 6.23. The fourth-order valence-corrected chi connectivity index (χ4v) is 2.53. The monoisotopic (exact) mass is 374 g/mol. The van der Waals surface area contributed by atoms with Gasteiger partial charge in [-0.25, -0.2) is 0 Å². The highest BCUT2D eigenvalue weighted by atomic mass is 16.3. The summed E-state index contributed by atoms with van der Waals surface area (Å²) in [7, 11) is 3.38. The van der Waals surface area contributed by atoms with Gasteiger partial charge in [0.05, 0.1) is 11.9 Å². The molecule has 0 radical (unpaired) electrons. The minimum Gasteiger partial charge on any atom is -0.451 e. The Labute approximate surface area is 161 Å². The number of fused-ring (bicyclic) bond motifs is 1. The number of amides is 2. The van der Waals surface area contributed by atoms with Crippen molar-refractivity contribution in [3.63, 3.8) is 0 Å². The minimum atomic E-state index is -0.510.